The molecule has 1 nitrogen and oxygen atoms in total. The second-order valence-electron chi connectivity index (χ2n) is 5.51. The third-order valence-corrected chi connectivity index (χ3v) is 3.52. The molecule has 2 aromatic rings. The zero-order valence-corrected chi connectivity index (χ0v) is 12.5. The third kappa shape index (κ3) is 4.77. The molecular weight excluding hydrogens is 243 g/mol. The molecule has 104 valence electrons. The molecule has 0 unspecified atom stereocenters. The molecule has 2 heteroatoms. The van der Waals surface area contributed by atoms with Gasteiger partial charge in [0.2, 0.25) is 0 Å². The summed E-state index contributed by atoms with van der Waals surface area (Å²) < 4.78 is 5.78. The summed E-state index contributed by atoms with van der Waals surface area (Å²) in [5.74, 6) is 0.981. The molecule has 0 spiro atoms. The fraction of sp³-hybridized carbons (Fsp3) is 0.333. The van der Waals surface area contributed by atoms with Gasteiger partial charge in [-0.2, -0.15) is 0 Å². The lowest BCUT2D eigenvalue weighted by molar-refractivity contribution is 0.307. The zero-order valence-electron chi connectivity index (χ0n) is 12.5. The molecule has 0 N–H and O–H groups in total. The van der Waals surface area contributed by atoms with Gasteiger partial charge in [0.1, 0.15) is 5.75 Å². The lowest BCUT2D eigenvalue weighted by Gasteiger charge is -2.08. The van der Waals surface area contributed by atoms with Crippen LogP contribution in [-0.4, -0.2) is 13.3 Å². The predicted molar refractivity (Wildman–Crippen MR) is 88.4 cm³/mol. The molecule has 0 aliphatic carbocycles. The molecule has 0 aliphatic rings. The van der Waals surface area contributed by atoms with Crippen LogP contribution in [0.1, 0.15) is 18.4 Å². The average Bonchev–Trinajstić information content (AvgIpc) is 2.48. The first kappa shape index (κ1) is 14.7. The lowest BCUT2D eigenvalue weighted by Crippen LogP contribution is -2.21. The first-order chi connectivity index (χ1) is 9.75. The molecule has 2 rings (SSSR count). The number of ether oxygens (including phenoxy) is 1. The Kier molecular flexibility index (Phi) is 5.73. The second-order valence-corrected chi connectivity index (χ2v) is 5.51. The smallest absolute Gasteiger partial charge is 0.169 e. The first-order valence-electron chi connectivity index (χ1n) is 7.52. The Hall–Kier alpha value is -1.70. The minimum atomic E-state index is 0.579. The van der Waals surface area contributed by atoms with E-state index in [-0.39, 0.29) is 0 Å². The van der Waals surface area contributed by atoms with Crippen LogP contribution in [0.25, 0.3) is 0 Å². The van der Waals surface area contributed by atoms with Gasteiger partial charge in [-0.3, -0.25) is 0 Å². The molecule has 0 saturated heterocycles. The van der Waals surface area contributed by atoms with Crippen molar-refractivity contribution in [1.29, 1.82) is 0 Å². The van der Waals surface area contributed by atoms with Crippen LogP contribution in [0.3, 0.4) is 0 Å². The molecule has 0 aliphatic heterocycles. The number of hydrogen-bond donors (Lipinski definition) is 0. The summed E-state index contributed by atoms with van der Waals surface area (Å²) in [6.07, 6.45) is 3.41. The molecule has 0 aromatic heterocycles. The minimum Gasteiger partial charge on any atom is -0.494 e. The molecule has 0 radical (unpaired) electrons. The highest BCUT2D eigenvalue weighted by molar-refractivity contribution is 6.70. The largest absolute Gasteiger partial charge is 0.494 e. The van der Waals surface area contributed by atoms with Crippen LogP contribution in [-0.2, 0) is 6.42 Å². The number of aryl methyl sites for hydroxylation is 1. The minimum absolute atomic E-state index is 0.579. The van der Waals surface area contributed by atoms with Gasteiger partial charge in [-0.15, -0.1) is 0 Å². The Bertz CT molecular complexity index is 491. The summed E-state index contributed by atoms with van der Waals surface area (Å²) in [6, 6.07) is 19.1. The van der Waals surface area contributed by atoms with Crippen LogP contribution >= 0.6 is 0 Å². The fourth-order valence-corrected chi connectivity index (χ4v) is 2.21. The van der Waals surface area contributed by atoms with E-state index in [4.69, 9.17) is 4.74 Å². The van der Waals surface area contributed by atoms with Crippen molar-refractivity contribution in [3.05, 3.63) is 60.2 Å². The van der Waals surface area contributed by atoms with Crippen molar-refractivity contribution >= 4 is 12.2 Å². The van der Waals surface area contributed by atoms with E-state index in [2.05, 4.69) is 68.2 Å². The maximum absolute atomic E-state index is 5.78. The molecule has 0 fully saturated rings. The van der Waals surface area contributed by atoms with Gasteiger partial charge in [0, 0.05) is 0 Å². The molecule has 0 saturated carbocycles. The molecule has 2 aromatic carbocycles. The standard InChI is InChI=1S/C18H23BO/c1-19(2)17-11-13-18(14-12-17)20-15-7-6-10-16-8-4-3-5-9-16/h3-5,8-9,11-14H,6-7,10,15H2,1-2H3. The van der Waals surface area contributed by atoms with E-state index in [9.17, 15) is 0 Å². The molecule has 0 atom stereocenters. The van der Waals surface area contributed by atoms with Crippen LogP contribution in [0, 0.1) is 0 Å². The van der Waals surface area contributed by atoms with Gasteiger partial charge in [-0.1, -0.05) is 61.6 Å². The molecular formula is C18H23BO. The monoisotopic (exact) mass is 266 g/mol. The lowest BCUT2D eigenvalue weighted by atomic mass is 9.49. The van der Waals surface area contributed by atoms with Gasteiger partial charge in [0.15, 0.2) is 6.71 Å². The maximum atomic E-state index is 5.78. The summed E-state index contributed by atoms with van der Waals surface area (Å²) in [7, 11) is 0. The van der Waals surface area contributed by atoms with E-state index in [1.807, 2.05) is 0 Å². The van der Waals surface area contributed by atoms with Crippen molar-refractivity contribution in [2.24, 2.45) is 0 Å². The van der Waals surface area contributed by atoms with Crippen molar-refractivity contribution in [3.63, 3.8) is 0 Å². The fourth-order valence-electron chi connectivity index (χ4n) is 2.21. The Morgan fingerprint density at radius 2 is 1.55 bits per heavy atom. The van der Waals surface area contributed by atoms with E-state index in [1.165, 1.54) is 17.4 Å². The Morgan fingerprint density at radius 1 is 0.850 bits per heavy atom. The van der Waals surface area contributed by atoms with Crippen molar-refractivity contribution in [2.45, 2.75) is 32.9 Å². The number of hydrogen-bond acceptors (Lipinski definition) is 1. The summed E-state index contributed by atoms with van der Waals surface area (Å²) in [5, 5.41) is 0. The van der Waals surface area contributed by atoms with E-state index >= 15 is 0 Å². The summed E-state index contributed by atoms with van der Waals surface area (Å²) in [6.45, 7) is 5.79. The topological polar surface area (TPSA) is 9.23 Å². The van der Waals surface area contributed by atoms with Crippen LogP contribution in [0.2, 0.25) is 13.6 Å². The van der Waals surface area contributed by atoms with Crippen molar-refractivity contribution in [3.8, 4) is 5.75 Å². The van der Waals surface area contributed by atoms with E-state index in [1.54, 1.807) is 0 Å². The third-order valence-electron chi connectivity index (χ3n) is 3.52. The Morgan fingerprint density at radius 3 is 2.20 bits per heavy atom. The normalized spacial score (nSPS) is 10.3. The van der Waals surface area contributed by atoms with E-state index in [0.717, 1.165) is 25.2 Å². The van der Waals surface area contributed by atoms with Gasteiger partial charge < -0.3 is 4.74 Å². The molecule has 20 heavy (non-hydrogen) atoms. The van der Waals surface area contributed by atoms with Gasteiger partial charge in [-0.05, 0) is 37.0 Å². The van der Waals surface area contributed by atoms with Gasteiger partial charge in [0.25, 0.3) is 0 Å². The molecule has 0 amide bonds. The van der Waals surface area contributed by atoms with Crippen molar-refractivity contribution < 1.29 is 4.74 Å². The van der Waals surface area contributed by atoms with Gasteiger partial charge >= 0.3 is 0 Å². The van der Waals surface area contributed by atoms with Crippen molar-refractivity contribution in [1.82, 2.24) is 0 Å². The molecule has 0 bridgehead atoms. The van der Waals surface area contributed by atoms with Crippen molar-refractivity contribution in [2.75, 3.05) is 6.61 Å². The summed E-state index contributed by atoms with van der Waals surface area (Å²) >= 11 is 0. The predicted octanol–water partition coefficient (Wildman–Crippen LogP) is 4.05. The van der Waals surface area contributed by atoms with Gasteiger partial charge in [-0.25, -0.2) is 0 Å². The van der Waals surface area contributed by atoms with Gasteiger partial charge in [0.05, 0.1) is 6.61 Å². The van der Waals surface area contributed by atoms with Crippen LogP contribution in [0.5, 0.6) is 5.75 Å². The van der Waals surface area contributed by atoms with Crippen LogP contribution < -0.4 is 10.2 Å². The maximum Gasteiger partial charge on any atom is 0.169 e. The summed E-state index contributed by atoms with van der Waals surface area (Å²) in [5.41, 5.74) is 2.77. The first-order valence-corrected chi connectivity index (χ1v) is 7.52. The molecule has 0 heterocycles. The summed E-state index contributed by atoms with van der Waals surface area (Å²) in [4.78, 5) is 0. The Balaban J connectivity index is 1.66. The number of rotatable bonds is 7. The van der Waals surface area contributed by atoms with Crippen LogP contribution in [0.4, 0.5) is 0 Å². The number of benzene rings is 2. The SMILES string of the molecule is CB(C)c1ccc(OCCCCc2ccccc2)cc1. The Labute approximate surface area is 123 Å². The highest BCUT2D eigenvalue weighted by Crippen LogP contribution is 2.10. The van der Waals surface area contributed by atoms with Crippen LogP contribution in [0.15, 0.2) is 54.6 Å². The highest BCUT2D eigenvalue weighted by Gasteiger charge is 2.02. The average molecular weight is 266 g/mol. The zero-order chi connectivity index (χ0) is 14.2. The highest BCUT2D eigenvalue weighted by atomic mass is 16.5. The van der Waals surface area contributed by atoms with E-state index in [0.29, 0.717) is 6.71 Å². The number of unbranched alkanes of at least 4 members (excludes halogenated alkanes) is 1. The van der Waals surface area contributed by atoms with E-state index < -0.39 is 0 Å². The second kappa shape index (κ2) is 7.79. The quantitative estimate of drug-likeness (QED) is 0.542.